The lowest BCUT2D eigenvalue weighted by atomic mass is 10.1. The Hall–Kier alpha value is -0.0800. The molecule has 0 nitrogen and oxygen atoms in total. The van der Waals surface area contributed by atoms with Gasteiger partial charge in [0.15, 0.2) is 0 Å². The van der Waals surface area contributed by atoms with Crippen LogP contribution in [0.3, 0.4) is 0 Å². The molecule has 0 heterocycles. The Kier molecular flexibility index (Phi) is 3.68. The van der Waals surface area contributed by atoms with Gasteiger partial charge >= 0.3 is 0 Å². The van der Waals surface area contributed by atoms with Gasteiger partial charge in [0.25, 0.3) is 0 Å². The molecule has 0 radical (unpaired) electrons. The highest BCUT2D eigenvalue weighted by atomic mass is 79.9. The monoisotopic (exact) mass is 290 g/mol. The lowest BCUT2D eigenvalue weighted by molar-refractivity contribution is 0.626. The summed E-state index contributed by atoms with van der Waals surface area (Å²) < 4.78 is 12.9. The van der Waals surface area contributed by atoms with E-state index in [4.69, 9.17) is 11.6 Å². The largest absolute Gasteiger partial charge is 0.205 e. The van der Waals surface area contributed by atoms with E-state index in [0.29, 0.717) is 4.83 Å². The first kappa shape index (κ1) is 11.4. The van der Waals surface area contributed by atoms with Gasteiger partial charge in [0.1, 0.15) is 5.82 Å². The van der Waals surface area contributed by atoms with Crippen LogP contribution in [0.5, 0.6) is 0 Å². The van der Waals surface area contributed by atoms with Gasteiger partial charge in [0, 0.05) is 4.83 Å². The standard InChI is InChI=1S/C12H13BrClF/c13-10(9-3-4-9)5-1-8-2-6-12(15)11(14)7-8/h2,6-7,9-10H,1,3-5H2. The number of alkyl halides is 1. The number of rotatable bonds is 4. The van der Waals surface area contributed by atoms with Gasteiger partial charge in [-0.15, -0.1) is 0 Å². The van der Waals surface area contributed by atoms with Crippen LogP contribution >= 0.6 is 27.5 Å². The maximum Gasteiger partial charge on any atom is 0.141 e. The summed E-state index contributed by atoms with van der Waals surface area (Å²) in [4.78, 5) is 0.612. The molecule has 15 heavy (non-hydrogen) atoms. The average Bonchev–Trinajstić information content (AvgIpc) is 3.03. The van der Waals surface area contributed by atoms with Crippen LogP contribution in [0.2, 0.25) is 5.02 Å². The first-order valence-corrected chi connectivity index (χ1v) is 6.54. The van der Waals surface area contributed by atoms with Gasteiger partial charge in [-0.2, -0.15) is 0 Å². The van der Waals surface area contributed by atoms with Crippen LogP contribution in [0.4, 0.5) is 4.39 Å². The number of hydrogen-bond donors (Lipinski definition) is 0. The molecule has 0 aliphatic heterocycles. The maximum atomic E-state index is 12.9. The summed E-state index contributed by atoms with van der Waals surface area (Å²) in [7, 11) is 0. The van der Waals surface area contributed by atoms with E-state index in [1.54, 1.807) is 6.07 Å². The second-order valence-corrected chi connectivity index (χ2v) is 5.72. The second-order valence-electron chi connectivity index (χ2n) is 4.14. The topological polar surface area (TPSA) is 0 Å². The summed E-state index contributed by atoms with van der Waals surface area (Å²) >= 11 is 9.41. The zero-order valence-electron chi connectivity index (χ0n) is 8.35. The zero-order chi connectivity index (χ0) is 10.8. The van der Waals surface area contributed by atoms with Gasteiger partial charge in [0.2, 0.25) is 0 Å². The van der Waals surface area contributed by atoms with Crippen LogP contribution in [-0.4, -0.2) is 4.83 Å². The molecule has 1 atom stereocenters. The molecule has 0 spiro atoms. The minimum absolute atomic E-state index is 0.227. The summed E-state index contributed by atoms with van der Waals surface area (Å²) in [6.45, 7) is 0. The molecule has 82 valence electrons. The van der Waals surface area contributed by atoms with Crippen LogP contribution in [0.25, 0.3) is 0 Å². The molecule has 0 saturated heterocycles. The molecule has 1 aliphatic rings. The summed E-state index contributed by atoms with van der Waals surface area (Å²) in [5, 5.41) is 0.227. The first-order chi connectivity index (χ1) is 7.16. The molecule has 1 saturated carbocycles. The molecule has 1 fully saturated rings. The van der Waals surface area contributed by atoms with Gasteiger partial charge in [-0.1, -0.05) is 33.6 Å². The maximum absolute atomic E-state index is 12.9. The molecule has 1 unspecified atom stereocenters. The molecular formula is C12H13BrClF. The smallest absolute Gasteiger partial charge is 0.141 e. The quantitative estimate of drug-likeness (QED) is 0.712. The molecule has 1 aliphatic carbocycles. The summed E-state index contributed by atoms with van der Waals surface area (Å²) in [6, 6.07) is 4.98. The fourth-order valence-electron chi connectivity index (χ4n) is 1.69. The van der Waals surface area contributed by atoms with Crippen molar-refractivity contribution >= 4 is 27.5 Å². The van der Waals surface area contributed by atoms with Crippen LogP contribution < -0.4 is 0 Å². The summed E-state index contributed by atoms with van der Waals surface area (Å²) in [5.41, 5.74) is 1.12. The molecule has 0 amide bonds. The third-order valence-corrected chi connectivity index (χ3v) is 4.32. The van der Waals surface area contributed by atoms with Crippen molar-refractivity contribution in [2.24, 2.45) is 5.92 Å². The average molecular weight is 292 g/mol. The van der Waals surface area contributed by atoms with Crippen molar-refractivity contribution in [2.75, 3.05) is 0 Å². The van der Waals surface area contributed by atoms with Gasteiger partial charge in [-0.25, -0.2) is 4.39 Å². The van der Waals surface area contributed by atoms with Crippen LogP contribution in [0.15, 0.2) is 18.2 Å². The lowest BCUT2D eigenvalue weighted by Gasteiger charge is -2.08. The van der Waals surface area contributed by atoms with Crippen LogP contribution in [-0.2, 0) is 6.42 Å². The molecule has 1 aromatic carbocycles. The molecule has 2 rings (SSSR count). The van der Waals surface area contributed by atoms with Gasteiger partial charge in [0.05, 0.1) is 5.02 Å². The van der Waals surface area contributed by atoms with Crippen molar-refractivity contribution in [3.05, 3.63) is 34.6 Å². The Balaban J connectivity index is 1.89. The Morgan fingerprint density at radius 1 is 1.47 bits per heavy atom. The minimum Gasteiger partial charge on any atom is -0.205 e. The predicted octanol–water partition coefficient (Wildman–Crippen LogP) is 4.59. The van der Waals surface area contributed by atoms with Crippen molar-refractivity contribution < 1.29 is 4.39 Å². The normalized spacial score (nSPS) is 17.8. The van der Waals surface area contributed by atoms with Crippen molar-refractivity contribution in [2.45, 2.75) is 30.5 Å². The van der Waals surface area contributed by atoms with E-state index in [1.165, 1.54) is 18.9 Å². The molecule has 1 aromatic rings. The fraction of sp³-hybridized carbons (Fsp3) is 0.500. The molecule has 0 aromatic heterocycles. The molecule has 0 bridgehead atoms. The number of benzene rings is 1. The summed E-state index contributed by atoms with van der Waals surface area (Å²) in [5.74, 6) is 0.527. The SMILES string of the molecule is Fc1ccc(CCC(Br)C2CC2)cc1Cl. The highest BCUT2D eigenvalue weighted by Gasteiger charge is 2.28. The highest BCUT2D eigenvalue weighted by molar-refractivity contribution is 9.09. The van der Waals surface area contributed by atoms with Crippen molar-refractivity contribution in [1.82, 2.24) is 0 Å². The first-order valence-electron chi connectivity index (χ1n) is 5.25. The highest BCUT2D eigenvalue weighted by Crippen LogP contribution is 2.38. The second kappa shape index (κ2) is 4.84. The van der Waals surface area contributed by atoms with E-state index in [0.717, 1.165) is 24.3 Å². The van der Waals surface area contributed by atoms with E-state index in [2.05, 4.69) is 15.9 Å². The minimum atomic E-state index is -0.335. The van der Waals surface area contributed by atoms with E-state index in [1.807, 2.05) is 6.07 Å². The van der Waals surface area contributed by atoms with Crippen LogP contribution in [0, 0.1) is 11.7 Å². The zero-order valence-corrected chi connectivity index (χ0v) is 10.7. The Morgan fingerprint density at radius 3 is 2.80 bits per heavy atom. The van der Waals surface area contributed by atoms with Crippen LogP contribution in [0.1, 0.15) is 24.8 Å². The Bertz CT molecular complexity index is 349. The van der Waals surface area contributed by atoms with Crippen molar-refractivity contribution in [3.8, 4) is 0 Å². The Labute approximate surface area is 103 Å². The van der Waals surface area contributed by atoms with E-state index in [-0.39, 0.29) is 10.8 Å². The third kappa shape index (κ3) is 3.18. The van der Waals surface area contributed by atoms with Crippen molar-refractivity contribution in [1.29, 1.82) is 0 Å². The van der Waals surface area contributed by atoms with E-state index < -0.39 is 0 Å². The lowest BCUT2D eigenvalue weighted by Crippen LogP contribution is -2.02. The summed E-state index contributed by atoms with van der Waals surface area (Å²) in [6.07, 6.45) is 4.76. The molecule has 0 N–H and O–H groups in total. The fourth-order valence-corrected chi connectivity index (χ4v) is 2.65. The van der Waals surface area contributed by atoms with Gasteiger partial charge in [-0.05, 0) is 49.3 Å². The number of halogens is 3. The molecule has 3 heteroatoms. The number of hydrogen-bond acceptors (Lipinski definition) is 0. The third-order valence-electron chi connectivity index (χ3n) is 2.83. The predicted molar refractivity (Wildman–Crippen MR) is 65.2 cm³/mol. The molecular weight excluding hydrogens is 278 g/mol. The Morgan fingerprint density at radius 2 is 2.20 bits per heavy atom. The van der Waals surface area contributed by atoms with Gasteiger partial charge in [-0.3, -0.25) is 0 Å². The van der Waals surface area contributed by atoms with E-state index >= 15 is 0 Å². The van der Waals surface area contributed by atoms with Gasteiger partial charge < -0.3 is 0 Å². The van der Waals surface area contributed by atoms with Crippen molar-refractivity contribution in [3.63, 3.8) is 0 Å². The van der Waals surface area contributed by atoms with E-state index in [9.17, 15) is 4.39 Å². The number of aryl methyl sites for hydroxylation is 1.